The van der Waals surface area contributed by atoms with E-state index in [1.807, 2.05) is 9.80 Å². The number of fused-ring (bicyclic) bond motifs is 1. The predicted molar refractivity (Wildman–Crippen MR) is 129 cm³/mol. The number of halogens is 3. The normalized spacial score (nSPS) is 29.0. The number of aliphatic imine (C=N–C) groups is 3. The molecule has 0 aliphatic carbocycles. The first-order valence-corrected chi connectivity index (χ1v) is 12.2. The van der Waals surface area contributed by atoms with Crippen LogP contribution in [0.4, 0.5) is 19.1 Å². The van der Waals surface area contributed by atoms with Gasteiger partial charge in [0.05, 0.1) is 18.8 Å². The summed E-state index contributed by atoms with van der Waals surface area (Å²) in [6.45, 7) is 6.49. The molecule has 11 nitrogen and oxygen atoms in total. The van der Waals surface area contributed by atoms with Crippen LogP contribution in [0.15, 0.2) is 27.4 Å². The summed E-state index contributed by atoms with van der Waals surface area (Å²) in [6.07, 6.45) is -0.620. The van der Waals surface area contributed by atoms with Gasteiger partial charge in [0.25, 0.3) is 0 Å². The molecule has 4 aliphatic heterocycles. The summed E-state index contributed by atoms with van der Waals surface area (Å²) in [7, 11) is 0. The number of amidine groups is 2. The number of nitrogen functional groups attached to an aromatic ring is 1. The number of anilines is 1. The molecular formula is C22H31F3N10O. The number of piperazine rings is 1. The van der Waals surface area contributed by atoms with E-state index in [0.29, 0.717) is 63.3 Å². The van der Waals surface area contributed by atoms with Crippen molar-refractivity contribution in [1.82, 2.24) is 30.0 Å². The van der Waals surface area contributed by atoms with E-state index in [4.69, 9.17) is 25.4 Å². The van der Waals surface area contributed by atoms with Gasteiger partial charge < -0.3 is 30.5 Å². The molecule has 3 atom stereocenters. The Kier molecular flexibility index (Phi) is 6.49. The van der Waals surface area contributed by atoms with E-state index in [0.717, 1.165) is 6.42 Å². The fourth-order valence-corrected chi connectivity index (χ4v) is 5.05. The van der Waals surface area contributed by atoms with Gasteiger partial charge in [0.2, 0.25) is 5.95 Å². The van der Waals surface area contributed by atoms with E-state index < -0.39 is 24.4 Å². The first kappa shape index (κ1) is 24.7. The van der Waals surface area contributed by atoms with E-state index in [2.05, 4.69) is 22.2 Å². The molecule has 2 unspecified atom stereocenters. The Morgan fingerprint density at radius 3 is 2.56 bits per heavy atom. The molecule has 5 rings (SSSR count). The van der Waals surface area contributed by atoms with Crippen molar-refractivity contribution in [1.29, 1.82) is 0 Å². The third-order valence-corrected chi connectivity index (χ3v) is 6.98. The third-order valence-electron chi connectivity index (χ3n) is 6.98. The minimum absolute atomic E-state index is 0.0889. The Balaban J connectivity index is 1.60. The second-order valence-corrected chi connectivity index (χ2v) is 9.47. The van der Waals surface area contributed by atoms with Gasteiger partial charge in [-0.15, -0.1) is 0 Å². The van der Waals surface area contributed by atoms with Crippen LogP contribution in [0.25, 0.3) is 0 Å². The average molecular weight is 509 g/mol. The van der Waals surface area contributed by atoms with Crippen LogP contribution in [-0.4, -0.2) is 119 Å². The van der Waals surface area contributed by atoms with Crippen LogP contribution in [0, 0.1) is 0 Å². The van der Waals surface area contributed by atoms with Gasteiger partial charge in [-0.3, -0.25) is 0 Å². The topological polar surface area (TPSA) is 120 Å². The number of nitrogens with one attached hydrogen (secondary N) is 1. The van der Waals surface area contributed by atoms with Crippen LogP contribution in [-0.2, 0) is 4.74 Å². The fourth-order valence-electron chi connectivity index (χ4n) is 5.05. The molecule has 0 aromatic carbocycles. The van der Waals surface area contributed by atoms with Gasteiger partial charge in [-0.25, -0.2) is 24.9 Å². The molecule has 2 saturated heterocycles. The predicted octanol–water partition coefficient (Wildman–Crippen LogP) is 0.552. The molecule has 0 bridgehead atoms. The Morgan fingerprint density at radius 1 is 1.17 bits per heavy atom. The molecular weight excluding hydrogens is 477 g/mol. The smallest absolute Gasteiger partial charge is 0.378 e. The minimum Gasteiger partial charge on any atom is -0.378 e. The SMILES string of the molecule is CC[C@@H]1CN(C2=NC3C(N4CCOCC4)=NC(c4cnc(N)nc4)=NC3(C)N2CC(F)(F)F)CCN1. The van der Waals surface area contributed by atoms with Crippen molar-refractivity contribution in [3.8, 4) is 0 Å². The maximum absolute atomic E-state index is 14.0. The van der Waals surface area contributed by atoms with Gasteiger partial charge in [0.15, 0.2) is 23.5 Å². The molecule has 0 radical (unpaired) electrons. The van der Waals surface area contributed by atoms with Crippen LogP contribution in [0.1, 0.15) is 25.8 Å². The maximum Gasteiger partial charge on any atom is 0.406 e. The summed E-state index contributed by atoms with van der Waals surface area (Å²) in [5.74, 6) is 1.22. The zero-order valence-electron chi connectivity index (χ0n) is 20.4. The van der Waals surface area contributed by atoms with Gasteiger partial charge >= 0.3 is 6.18 Å². The molecule has 0 amide bonds. The Morgan fingerprint density at radius 2 is 1.89 bits per heavy atom. The first-order valence-electron chi connectivity index (χ1n) is 12.2. The minimum atomic E-state index is -4.45. The lowest BCUT2D eigenvalue weighted by Gasteiger charge is -2.44. The highest BCUT2D eigenvalue weighted by atomic mass is 19.4. The van der Waals surface area contributed by atoms with Crippen LogP contribution in [0.5, 0.6) is 0 Å². The monoisotopic (exact) mass is 508 g/mol. The zero-order chi connectivity index (χ0) is 25.5. The number of morpholine rings is 1. The van der Waals surface area contributed by atoms with Crippen LogP contribution in [0.3, 0.4) is 0 Å². The number of hydrogen-bond donors (Lipinski definition) is 2. The molecule has 1 aromatic heterocycles. The van der Waals surface area contributed by atoms with Gasteiger partial charge in [-0.05, 0) is 13.3 Å². The van der Waals surface area contributed by atoms with Gasteiger partial charge in [0, 0.05) is 51.2 Å². The lowest BCUT2D eigenvalue weighted by Crippen LogP contribution is -2.63. The number of ether oxygens (including phenoxy) is 1. The van der Waals surface area contributed by atoms with Crippen LogP contribution in [0.2, 0.25) is 0 Å². The molecule has 3 N–H and O–H groups in total. The summed E-state index contributed by atoms with van der Waals surface area (Å²) in [5.41, 5.74) is 4.78. The molecule has 196 valence electrons. The van der Waals surface area contributed by atoms with Crippen molar-refractivity contribution < 1.29 is 17.9 Å². The lowest BCUT2D eigenvalue weighted by molar-refractivity contribution is -0.146. The van der Waals surface area contributed by atoms with Crippen molar-refractivity contribution in [2.45, 2.75) is 44.2 Å². The molecule has 1 aromatic rings. The quantitative estimate of drug-likeness (QED) is 0.608. The molecule has 2 fully saturated rings. The fraction of sp³-hybridized carbons (Fsp3) is 0.682. The standard InChI is InChI=1S/C22H31F3N10O/c1-3-15-12-34(5-4-27-15)20-30-16-18(33-6-8-36-9-7-33)31-17(14-10-28-19(26)29-11-14)32-21(16,2)35(20)13-22(23,24)25/h10-11,15-16,27H,3-9,12-13H2,1-2H3,(H2,26,28,29)/t15-,16?,21?/m1/s1. The number of guanidine groups is 1. The van der Waals surface area contributed by atoms with E-state index in [1.165, 1.54) is 17.3 Å². The third kappa shape index (κ3) is 4.71. The highest BCUT2D eigenvalue weighted by Crippen LogP contribution is 2.39. The number of rotatable bonds is 3. The highest BCUT2D eigenvalue weighted by Gasteiger charge is 2.56. The van der Waals surface area contributed by atoms with Gasteiger partial charge in [-0.2, -0.15) is 13.2 Å². The van der Waals surface area contributed by atoms with Gasteiger partial charge in [-0.1, -0.05) is 6.92 Å². The van der Waals surface area contributed by atoms with Crippen molar-refractivity contribution >= 4 is 23.6 Å². The van der Waals surface area contributed by atoms with E-state index >= 15 is 0 Å². The Labute approximate surface area is 207 Å². The Bertz CT molecular complexity index is 1050. The van der Waals surface area contributed by atoms with E-state index in [9.17, 15) is 13.2 Å². The molecule has 5 heterocycles. The largest absolute Gasteiger partial charge is 0.406 e. The number of nitrogens with zero attached hydrogens (tertiary/aromatic N) is 8. The second-order valence-electron chi connectivity index (χ2n) is 9.47. The number of nitrogens with two attached hydrogens (primary N) is 1. The molecule has 14 heteroatoms. The summed E-state index contributed by atoms with van der Waals surface area (Å²) < 4.78 is 47.4. The molecule has 0 saturated carbocycles. The van der Waals surface area contributed by atoms with Crippen molar-refractivity contribution in [2.75, 3.05) is 58.2 Å². The summed E-state index contributed by atoms with van der Waals surface area (Å²) >= 11 is 0. The van der Waals surface area contributed by atoms with Crippen molar-refractivity contribution in [3.05, 3.63) is 18.0 Å². The van der Waals surface area contributed by atoms with Crippen LogP contribution >= 0.6 is 0 Å². The number of aromatic nitrogens is 2. The Hall–Kier alpha value is -3.00. The molecule has 4 aliphatic rings. The first-order chi connectivity index (χ1) is 17.2. The summed E-state index contributed by atoms with van der Waals surface area (Å²) in [4.78, 5) is 27.8. The maximum atomic E-state index is 14.0. The highest BCUT2D eigenvalue weighted by molar-refractivity contribution is 6.11. The zero-order valence-corrected chi connectivity index (χ0v) is 20.4. The number of hydrogen-bond acceptors (Lipinski definition) is 11. The lowest BCUT2D eigenvalue weighted by atomic mass is 9.98. The summed E-state index contributed by atoms with van der Waals surface area (Å²) in [5, 5.41) is 3.42. The van der Waals surface area contributed by atoms with Crippen molar-refractivity contribution in [2.24, 2.45) is 15.0 Å². The van der Waals surface area contributed by atoms with Crippen molar-refractivity contribution in [3.63, 3.8) is 0 Å². The number of alkyl halides is 3. The van der Waals surface area contributed by atoms with Gasteiger partial charge in [0.1, 0.15) is 12.4 Å². The summed E-state index contributed by atoms with van der Waals surface area (Å²) in [6, 6.07) is -0.538. The molecule has 36 heavy (non-hydrogen) atoms. The molecule has 0 spiro atoms. The van der Waals surface area contributed by atoms with E-state index in [-0.39, 0.29) is 17.8 Å². The van der Waals surface area contributed by atoms with Crippen LogP contribution < -0.4 is 11.1 Å². The average Bonchev–Trinajstić information content (AvgIpc) is 3.15. The second kappa shape index (κ2) is 9.47. The van der Waals surface area contributed by atoms with E-state index in [1.54, 1.807) is 6.92 Å².